The van der Waals surface area contributed by atoms with E-state index >= 15 is 0 Å². The summed E-state index contributed by atoms with van der Waals surface area (Å²) in [7, 11) is 0. The van der Waals surface area contributed by atoms with E-state index in [1.165, 1.54) is 6.26 Å². The maximum atomic E-state index is 13.0. The van der Waals surface area contributed by atoms with Crippen molar-refractivity contribution < 1.29 is 14.0 Å². The number of nitrogens with zero attached hydrogens (tertiary/aromatic N) is 3. The molecule has 0 unspecified atom stereocenters. The molecule has 3 heterocycles. The van der Waals surface area contributed by atoms with Crippen molar-refractivity contribution in [2.24, 2.45) is 0 Å². The fourth-order valence-corrected chi connectivity index (χ4v) is 3.82. The lowest BCUT2D eigenvalue weighted by Crippen LogP contribution is -2.39. The predicted molar refractivity (Wildman–Crippen MR) is 109 cm³/mol. The second-order valence-corrected chi connectivity index (χ2v) is 7.26. The van der Waals surface area contributed by atoms with Gasteiger partial charge in [-0.25, -0.2) is 0 Å². The minimum atomic E-state index is -0.147. The van der Waals surface area contributed by atoms with Gasteiger partial charge in [0.15, 0.2) is 11.2 Å². The highest BCUT2D eigenvalue weighted by Gasteiger charge is 2.24. The summed E-state index contributed by atoms with van der Waals surface area (Å²) in [5.41, 5.74) is 1.48. The highest BCUT2D eigenvalue weighted by molar-refractivity contribution is 5.91. The Labute approximate surface area is 168 Å². The van der Waals surface area contributed by atoms with Gasteiger partial charge < -0.3 is 18.8 Å². The van der Waals surface area contributed by atoms with Crippen molar-refractivity contribution >= 4 is 22.7 Å². The summed E-state index contributed by atoms with van der Waals surface area (Å²) >= 11 is 0. The number of rotatable bonds is 3. The Balaban J connectivity index is 1.49. The van der Waals surface area contributed by atoms with Crippen LogP contribution in [0.1, 0.15) is 22.7 Å². The van der Waals surface area contributed by atoms with Crippen LogP contribution >= 0.6 is 0 Å². The molecule has 2 amide bonds. The van der Waals surface area contributed by atoms with E-state index in [0.717, 1.165) is 11.2 Å². The number of aromatic nitrogens is 1. The third kappa shape index (κ3) is 3.81. The maximum absolute atomic E-state index is 13.0. The largest absolute Gasteiger partial charge is 0.459 e. The van der Waals surface area contributed by atoms with Crippen molar-refractivity contribution in [3.05, 3.63) is 70.4 Å². The van der Waals surface area contributed by atoms with E-state index in [4.69, 9.17) is 4.42 Å². The summed E-state index contributed by atoms with van der Waals surface area (Å²) in [5, 5.41) is 0.608. The van der Waals surface area contributed by atoms with E-state index in [1.807, 2.05) is 29.7 Å². The van der Waals surface area contributed by atoms with E-state index in [0.29, 0.717) is 43.7 Å². The van der Waals surface area contributed by atoms with E-state index in [9.17, 15) is 14.4 Å². The lowest BCUT2D eigenvalue weighted by molar-refractivity contribution is -0.131. The minimum absolute atomic E-state index is 0.0193. The molecule has 3 aromatic rings. The lowest BCUT2D eigenvalue weighted by Gasteiger charge is -2.23. The quantitative estimate of drug-likeness (QED) is 0.684. The van der Waals surface area contributed by atoms with Crippen LogP contribution in [0.2, 0.25) is 0 Å². The van der Waals surface area contributed by atoms with Gasteiger partial charge in [-0.05, 0) is 37.6 Å². The zero-order valence-electron chi connectivity index (χ0n) is 16.3. The van der Waals surface area contributed by atoms with Crippen molar-refractivity contribution in [1.29, 1.82) is 0 Å². The molecular weight excluding hydrogens is 370 g/mol. The van der Waals surface area contributed by atoms with Crippen molar-refractivity contribution in [1.82, 2.24) is 14.4 Å². The first-order valence-corrected chi connectivity index (χ1v) is 9.74. The molecule has 2 aromatic heterocycles. The number of hydrogen-bond donors (Lipinski definition) is 0. The molecule has 29 heavy (non-hydrogen) atoms. The molecule has 0 atom stereocenters. The number of pyridine rings is 1. The van der Waals surface area contributed by atoms with Gasteiger partial charge in [-0.3, -0.25) is 14.4 Å². The van der Waals surface area contributed by atoms with Gasteiger partial charge in [-0.15, -0.1) is 0 Å². The zero-order valence-corrected chi connectivity index (χ0v) is 16.3. The maximum Gasteiger partial charge on any atom is 0.289 e. The normalized spacial score (nSPS) is 14.8. The number of hydrogen-bond acceptors (Lipinski definition) is 4. The summed E-state index contributed by atoms with van der Waals surface area (Å²) in [4.78, 5) is 41.3. The van der Waals surface area contributed by atoms with Crippen LogP contribution in [0.25, 0.3) is 10.9 Å². The molecule has 150 valence electrons. The molecular formula is C22H23N3O4. The topological polar surface area (TPSA) is 75.8 Å². The van der Waals surface area contributed by atoms with E-state index in [2.05, 4.69) is 0 Å². The van der Waals surface area contributed by atoms with Crippen molar-refractivity contribution in [2.45, 2.75) is 19.9 Å². The average Bonchev–Trinajstić information content (AvgIpc) is 3.15. The van der Waals surface area contributed by atoms with Crippen molar-refractivity contribution in [3.8, 4) is 0 Å². The molecule has 0 spiro atoms. The van der Waals surface area contributed by atoms with Gasteiger partial charge in [0.2, 0.25) is 5.91 Å². The molecule has 4 rings (SSSR count). The van der Waals surface area contributed by atoms with Gasteiger partial charge in [0.1, 0.15) is 6.54 Å². The van der Waals surface area contributed by atoms with Gasteiger partial charge in [0, 0.05) is 43.3 Å². The molecule has 1 aromatic carbocycles. The second-order valence-electron chi connectivity index (χ2n) is 7.26. The van der Waals surface area contributed by atoms with Crippen LogP contribution in [0.3, 0.4) is 0 Å². The summed E-state index contributed by atoms with van der Waals surface area (Å²) in [6.07, 6.45) is 2.19. The highest BCUT2D eigenvalue weighted by atomic mass is 16.3. The minimum Gasteiger partial charge on any atom is -0.459 e. The molecule has 7 heteroatoms. The highest BCUT2D eigenvalue weighted by Crippen LogP contribution is 2.14. The first-order valence-electron chi connectivity index (χ1n) is 9.74. The molecule has 0 radical (unpaired) electrons. The summed E-state index contributed by atoms with van der Waals surface area (Å²) in [6, 6.07) is 12.3. The number of carbonyl (C=O) groups is 2. The molecule has 1 fully saturated rings. The van der Waals surface area contributed by atoms with Crippen molar-refractivity contribution in [2.75, 3.05) is 26.2 Å². The first-order chi connectivity index (χ1) is 14.0. The van der Waals surface area contributed by atoms with E-state index in [1.54, 1.807) is 34.1 Å². The van der Waals surface area contributed by atoms with Crippen LogP contribution in [0.15, 0.2) is 57.9 Å². The van der Waals surface area contributed by atoms with Crippen LogP contribution in [-0.2, 0) is 11.3 Å². The Kier molecular flexibility index (Phi) is 5.20. The van der Waals surface area contributed by atoms with Crippen molar-refractivity contribution in [3.63, 3.8) is 0 Å². The smallest absolute Gasteiger partial charge is 0.289 e. The van der Waals surface area contributed by atoms with Crippen LogP contribution < -0.4 is 5.43 Å². The Morgan fingerprint density at radius 1 is 1.00 bits per heavy atom. The summed E-state index contributed by atoms with van der Waals surface area (Å²) < 4.78 is 7.09. The van der Waals surface area contributed by atoms with Gasteiger partial charge in [0.05, 0.1) is 11.8 Å². The number of amides is 2. The molecule has 0 saturated carbocycles. The van der Waals surface area contributed by atoms with Crippen LogP contribution in [0.4, 0.5) is 0 Å². The summed E-state index contributed by atoms with van der Waals surface area (Å²) in [5.74, 6) is 0.154. The third-order valence-corrected chi connectivity index (χ3v) is 5.39. The fourth-order valence-electron chi connectivity index (χ4n) is 3.82. The molecule has 1 aliphatic heterocycles. The predicted octanol–water partition coefficient (Wildman–Crippen LogP) is 2.28. The SMILES string of the molecule is Cc1cc(=O)c2ccccc2n1CC(=O)N1CCCN(C(=O)c2ccco2)CC1. The third-order valence-electron chi connectivity index (χ3n) is 5.39. The Hall–Kier alpha value is -3.35. The van der Waals surface area contributed by atoms with Crippen LogP contribution in [0, 0.1) is 6.92 Å². The zero-order chi connectivity index (χ0) is 20.4. The Bertz CT molecular complexity index is 1100. The Morgan fingerprint density at radius 2 is 1.76 bits per heavy atom. The molecule has 7 nitrogen and oxygen atoms in total. The van der Waals surface area contributed by atoms with Crippen LogP contribution in [-0.4, -0.2) is 52.4 Å². The fraction of sp³-hybridized carbons (Fsp3) is 0.318. The van der Waals surface area contributed by atoms with Gasteiger partial charge in [-0.1, -0.05) is 12.1 Å². The van der Waals surface area contributed by atoms with Gasteiger partial charge in [0.25, 0.3) is 5.91 Å². The monoisotopic (exact) mass is 393 g/mol. The Morgan fingerprint density at radius 3 is 2.55 bits per heavy atom. The van der Waals surface area contributed by atoms with Crippen LogP contribution in [0.5, 0.6) is 0 Å². The molecule has 0 aliphatic carbocycles. The molecule has 1 aliphatic rings. The van der Waals surface area contributed by atoms with E-state index < -0.39 is 0 Å². The van der Waals surface area contributed by atoms with Gasteiger partial charge >= 0.3 is 0 Å². The second kappa shape index (κ2) is 7.95. The molecule has 1 saturated heterocycles. The number of para-hydroxylation sites is 1. The summed E-state index contributed by atoms with van der Waals surface area (Å²) in [6.45, 7) is 4.13. The first kappa shape index (κ1) is 19.0. The van der Waals surface area contributed by atoms with Gasteiger partial charge in [-0.2, -0.15) is 0 Å². The molecule has 0 N–H and O–H groups in total. The number of aryl methyl sites for hydroxylation is 1. The number of fused-ring (bicyclic) bond motifs is 1. The molecule has 0 bridgehead atoms. The standard InChI is InChI=1S/C22H23N3O4/c1-16-14-19(26)17-6-2-3-7-18(17)25(16)15-21(27)23-9-5-10-24(12-11-23)22(28)20-8-4-13-29-20/h2-4,6-8,13-14H,5,9-12,15H2,1H3. The number of furan rings is 1. The number of benzene rings is 1. The lowest BCUT2D eigenvalue weighted by atomic mass is 10.2. The number of carbonyl (C=O) groups excluding carboxylic acids is 2. The average molecular weight is 393 g/mol. The van der Waals surface area contributed by atoms with E-state index in [-0.39, 0.29) is 23.8 Å².